The number of nitrogens with one attached hydrogen (secondary N) is 2. The van der Waals surface area contributed by atoms with Crippen LogP contribution >= 0.6 is 0 Å². The van der Waals surface area contributed by atoms with Crippen molar-refractivity contribution in [2.45, 2.75) is 26.8 Å². The molecule has 1 heterocycles. The first-order valence-electron chi connectivity index (χ1n) is 12.0. The second kappa shape index (κ2) is 11.5. The van der Waals surface area contributed by atoms with E-state index in [2.05, 4.69) is 59.5 Å². The number of amides is 1. The van der Waals surface area contributed by atoms with Crippen molar-refractivity contribution in [1.82, 2.24) is 15.1 Å². The monoisotopic (exact) mass is 468 g/mol. The Hall–Kier alpha value is -3.90. The molecule has 35 heavy (non-hydrogen) atoms. The van der Waals surface area contributed by atoms with Crippen LogP contribution in [-0.4, -0.2) is 35.9 Å². The van der Waals surface area contributed by atoms with Crippen LogP contribution in [-0.2, 0) is 13.0 Å². The summed E-state index contributed by atoms with van der Waals surface area (Å²) in [5.41, 5.74) is 6.84. The Morgan fingerprint density at radius 1 is 1.00 bits per heavy atom. The molecule has 0 bridgehead atoms. The molecule has 0 spiro atoms. The van der Waals surface area contributed by atoms with Crippen LogP contribution in [0.4, 0.5) is 5.69 Å². The maximum Gasteiger partial charge on any atom is 0.255 e. The van der Waals surface area contributed by atoms with Crippen molar-refractivity contribution >= 4 is 11.6 Å². The number of aromatic nitrogens is 2. The van der Waals surface area contributed by atoms with Gasteiger partial charge in [-0.3, -0.25) is 9.48 Å². The average molecular weight is 469 g/mol. The summed E-state index contributed by atoms with van der Waals surface area (Å²) in [6, 6.07) is 25.5. The smallest absolute Gasteiger partial charge is 0.255 e. The zero-order chi connectivity index (χ0) is 24.6. The van der Waals surface area contributed by atoms with Crippen LogP contribution in [0.25, 0.3) is 11.3 Å². The SMILES string of the molecule is CCNCCn1nc(C)c(Cc2cccc(C(=O)Nc3cccc(OC)c3)c2)c1-c1ccccc1. The lowest BCUT2D eigenvalue weighted by Gasteiger charge is -2.12. The summed E-state index contributed by atoms with van der Waals surface area (Å²) in [6.07, 6.45) is 0.692. The van der Waals surface area contributed by atoms with Gasteiger partial charge in [0.25, 0.3) is 5.91 Å². The van der Waals surface area contributed by atoms with Gasteiger partial charge in [0.1, 0.15) is 5.75 Å². The van der Waals surface area contributed by atoms with Crippen molar-refractivity contribution in [3.63, 3.8) is 0 Å². The first kappa shape index (κ1) is 24.2. The van der Waals surface area contributed by atoms with E-state index in [1.54, 1.807) is 13.2 Å². The Kier molecular flexibility index (Phi) is 7.95. The molecule has 0 unspecified atom stereocenters. The minimum absolute atomic E-state index is 0.151. The van der Waals surface area contributed by atoms with Crippen molar-refractivity contribution in [3.05, 3.63) is 101 Å². The molecule has 0 saturated carbocycles. The number of carbonyl (C=O) groups is 1. The molecule has 0 radical (unpaired) electrons. The van der Waals surface area contributed by atoms with Crippen molar-refractivity contribution in [2.75, 3.05) is 25.5 Å². The van der Waals surface area contributed by atoms with Crippen molar-refractivity contribution in [2.24, 2.45) is 0 Å². The Balaban J connectivity index is 1.60. The number of methoxy groups -OCH3 is 1. The molecule has 0 fully saturated rings. The summed E-state index contributed by atoms with van der Waals surface area (Å²) in [7, 11) is 1.61. The number of likely N-dealkylation sites (N-methyl/N-ethyl adjacent to an activating group) is 1. The van der Waals surface area contributed by atoms with Gasteiger partial charge in [0.2, 0.25) is 0 Å². The Morgan fingerprint density at radius 3 is 2.57 bits per heavy atom. The van der Waals surface area contributed by atoms with Crippen LogP contribution in [0.5, 0.6) is 5.75 Å². The van der Waals surface area contributed by atoms with E-state index >= 15 is 0 Å². The number of hydrogen-bond donors (Lipinski definition) is 2. The van der Waals surface area contributed by atoms with Crippen LogP contribution in [0, 0.1) is 6.92 Å². The van der Waals surface area contributed by atoms with E-state index in [0.29, 0.717) is 23.4 Å². The summed E-state index contributed by atoms with van der Waals surface area (Å²) in [5.74, 6) is 0.549. The third kappa shape index (κ3) is 5.97. The van der Waals surface area contributed by atoms with Gasteiger partial charge in [-0.15, -0.1) is 0 Å². The molecule has 0 saturated heterocycles. The molecule has 0 aliphatic carbocycles. The van der Waals surface area contributed by atoms with Gasteiger partial charge in [0.15, 0.2) is 0 Å². The van der Waals surface area contributed by atoms with Gasteiger partial charge in [0.05, 0.1) is 25.0 Å². The number of anilines is 1. The third-order valence-electron chi connectivity index (χ3n) is 5.95. The first-order chi connectivity index (χ1) is 17.1. The standard InChI is InChI=1S/C29H32N4O2/c1-4-30-16-17-33-28(23-11-6-5-7-12-23)27(21(2)32-33)19-22-10-8-13-24(18-22)29(34)31-25-14-9-15-26(20-25)35-3/h5-15,18,20,30H,4,16-17,19H2,1-3H3,(H,31,34). The van der Waals surface area contributed by atoms with E-state index in [1.807, 2.05) is 42.5 Å². The molecule has 0 atom stereocenters. The highest BCUT2D eigenvalue weighted by Crippen LogP contribution is 2.29. The van der Waals surface area contributed by atoms with E-state index in [0.717, 1.165) is 42.1 Å². The molecule has 0 aliphatic heterocycles. The van der Waals surface area contributed by atoms with E-state index in [9.17, 15) is 4.79 Å². The van der Waals surface area contributed by atoms with Gasteiger partial charge in [-0.25, -0.2) is 0 Å². The highest BCUT2D eigenvalue weighted by molar-refractivity contribution is 6.04. The summed E-state index contributed by atoms with van der Waals surface area (Å²) in [4.78, 5) is 12.9. The molecular weight excluding hydrogens is 436 g/mol. The third-order valence-corrected chi connectivity index (χ3v) is 5.95. The maximum absolute atomic E-state index is 12.9. The fourth-order valence-electron chi connectivity index (χ4n) is 4.20. The Labute approximate surface area is 207 Å². The lowest BCUT2D eigenvalue weighted by Crippen LogP contribution is -2.20. The highest BCUT2D eigenvalue weighted by Gasteiger charge is 2.18. The zero-order valence-electron chi connectivity index (χ0n) is 20.5. The number of carbonyl (C=O) groups excluding carboxylic acids is 1. The maximum atomic E-state index is 12.9. The van der Waals surface area contributed by atoms with Gasteiger partial charge in [-0.2, -0.15) is 5.10 Å². The van der Waals surface area contributed by atoms with E-state index in [-0.39, 0.29) is 5.91 Å². The van der Waals surface area contributed by atoms with Gasteiger partial charge in [0, 0.05) is 41.4 Å². The van der Waals surface area contributed by atoms with Crippen LogP contribution in [0.3, 0.4) is 0 Å². The molecule has 6 heteroatoms. The van der Waals surface area contributed by atoms with Crippen molar-refractivity contribution in [1.29, 1.82) is 0 Å². The van der Waals surface area contributed by atoms with Crippen LogP contribution in [0.15, 0.2) is 78.9 Å². The fraction of sp³-hybridized carbons (Fsp3) is 0.241. The quantitative estimate of drug-likeness (QED) is 0.309. The van der Waals surface area contributed by atoms with Gasteiger partial charge >= 0.3 is 0 Å². The number of aryl methyl sites for hydroxylation is 1. The van der Waals surface area contributed by atoms with Crippen LogP contribution in [0.1, 0.15) is 34.1 Å². The predicted molar refractivity (Wildman–Crippen MR) is 141 cm³/mol. The number of benzene rings is 3. The molecule has 3 aromatic carbocycles. The second-order valence-corrected chi connectivity index (χ2v) is 8.42. The molecule has 6 nitrogen and oxygen atoms in total. The minimum atomic E-state index is -0.151. The molecule has 0 aliphatic rings. The van der Waals surface area contributed by atoms with Gasteiger partial charge in [-0.1, -0.05) is 55.5 Å². The average Bonchev–Trinajstić information content (AvgIpc) is 3.19. The predicted octanol–water partition coefficient (Wildman–Crippen LogP) is 5.32. The lowest BCUT2D eigenvalue weighted by molar-refractivity contribution is 0.102. The number of ether oxygens (including phenoxy) is 1. The van der Waals surface area contributed by atoms with Gasteiger partial charge in [-0.05, 0) is 43.3 Å². The molecular formula is C29H32N4O2. The molecule has 1 amide bonds. The zero-order valence-corrected chi connectivity index (χ0v) is 20.5. The minimum Gasteiger partial charge on any atom is -0.497 e. The normalized spacial score (nSPS) is 10.8. The molecule has 180 valence electrons. The summed E-state index contributed by atoms with van der Waals surface area (Å²) < 4.78 is 7.36. The number of nitrogens with zero attached hydrogens (tertiary/aromatic N) is 2. The summed E-state index contributed by atoms with van der Waals surface area (Å²) in [6.45, 7) is 6.75. The number of hydrogen-bond acceptors (Lipinski definition) is 4. The Bertz CT molecular complexity index is 1280. The van der Waals surface area contributed by atoms with E-state index in [1.165, 1.54) is 5.56 Å². The highest BCUT2D eigenvalue weighted by atomic mass is 16.5. The van der Waals surface area contributed by atoms with E-state index in [4.69, 9.17) is 9.84 Å². The van der Waals surface area contributed by atoms with Crippen LogP contribution in [0.2, 0.25) is 0 Å². The van der Waals surface area contributed by atoms with Crippen molar-refractivity contribution < 1.29 is 9.53 Å². The lowest BCUT2D eigenvalue weighted by atomic mass is 9.98. The second-order valence-electron chi connectivity index (χ2n) is 8.42. The summed E-state index contributed by atoms with van der Waals surface area (Å²) in [5, 5.41) is 11.2. The molecule has 2 N–H and O–H groups in total. The summed E-state index contributed by atoms with van der Waals surface area (Å²) >= 11 is 0. The fourth-order valence-corrected chi connectivity index (χ4v) is 4.20. The van der Waals surface area contributed by atoms with E-state index < -0.39 is 0 Å². The first-order valence-corrected chi connectivity index (χ1v) is 12.0. The largest absolute Gasteiger partial charge is 0.497 e. The molecule has 4 aromatic rings. The van der Waals surface area contributed by atoms with Gasteiger partial charge < -0.3 is 15.4 Å². The topological polar surface area (TPSA) is 68.2 Å². The molecule has 1 aromatic heterocycles. The van der Waals surface area contributed by atoms with Crippen LogP contribution < -0.4 is 15.4 Å². The number of rotatable bonds is 10. The molecule has 4 rings (SSSR count). The van der Waals surface area contributed by atoms with Crippen molar-refractivity contribution in [3.8, 4) is 17.0 Å². The Morgan fingerprint density at radius 2 is 1.80 bits per heavy atom.